The highest BCUT2D eigenvalue weighted by atomic mass is 32.1. The minimum atomic E-state index is 0.296. The number of nitrogens with zero attached hydrogens (tertiary/aromatic N) is 2. The molecule has 0 radical (unpaired) electrons. The molecule has 1 aliphatic carbocycles. The maximum atomic E-state index is 5.58. The molecule has 19 heavy (non-hydrogen) atoms. The Morgan fingerprint density at radius 3 is 2.84 bits per heavy atom. The van der Waals surface area contributed by atoms with E-state index in [9.17, 15) is 0 Å². The van der Waals surface area contributed by atoms with Crippen LogP contribution in [0.25, 0.3) is 0 Å². The molecule has 4 nitrogen and oxygen atoms in total. The van der Waals surface area contributed by atoms with E-state index in [0.29, 0.717) is 6.10 Å². The Bertz CT molecular complexity index is 401. The van der Waals surface area contributed by atoms with Gasteiger partial charge in [0.15, 0.2) is 5.13 Å². The number of nitrogens with one attached hydrogen (secondary N) is 1. The summed E-state index contributed by atoms with van der Waals surface area (Å²) in [7, 11) is 2.08. The molecule has 0 aliphatic heterocycles. The number of rotatable bonds is 8. The van der Waals surface area contributed by atoms with Crippen LogP contribution < -0.4 is 10.2 Å². The second-order valence-corrected chi connectivity index (χ2v) is 6.56. The van der Waals surface area contributed by atoms with Crippen molar-refractivity contribution in [1.29, 1.82) is 0 Å². The van der Waals surface area contributed by atoms with Crippen LogP contribution >= 0.6 is 11.3 Å². The van der Waals surface area contributed by atoms with E-state index >= 15 is 0 Å². The Morgan fingerprint density at radius 1 is 1.47 bits per heavy atom. The van der Waals surface area contributed by atoms with Crippen LogP contribution in [0.1, 0.15) is 37.3 Å². The monoisotopic (exact) mass is 283 g/mol. The van der Waals surface area contributed by atoms with Crippen molar-refractivity contribution in [3.63, 3.8) is 0 Å². The van der Waals surface area contributed by atoms with E-state index in [1.165, 1.54) is 17.7 Å². The highest BCUT2D eigenvalue weighted by molar-refractivity contribution is 7.15. The summed E-state index contributed by atoms with van der Waals surface area (Å²) in [6.45, 7) is 8.83. The number of aromatic nitrogens is 1. The highest BCUT2D eigenvalue weighted by Gasteiger charge is 2.21. The van der Waals surface area contributed by atoms with Crippen LogP contribution in [0.15, 0.2) is 0 Å². The number of hydrogen-bond donors (Lipinski definition) is 1. The van der Waals surface area contributed by atoms with Crippen LogP contribution in [0, 0.1) is 6.92 Å². The Morgan fingerprint density at radius 2 is 2.21 bits per heavy atom. The van der Waals surface area contributed by atoms with E-state index in [-0.39, 0.29) is 0 Å². The van der Waals surface area contributed by atoms with Gasteiger partial charge in [-0.15, -0.1) is 11.3 Å². The van der Waals surface area contributed by atoms with Crippen molar-refractivity contribution in [1.82, 2.24) is 10.3 Å². The lowest BCUT2D eigenvalue weighted by Gasteiger charge is -2.16. The third-order valence-corrected chi connectivity index (χ3v) is 4.49. The van der Waals surface area contributed by atoms with Crippen LogP contribution in [-0.4, -0.2) is 37.3 Å². The summed E-state index contributed by atoms with van der Waals surface area (Å²) in [6.07, 6.45) is 2.96. The van der Waals surface area contributed by atoms with Gasteiger partial charge in [0.05, 0.1) is 18.4 Å². The normalized spacial score (nSPS) is 15.2. The molecule has 1 aromatic heterocycles. The van der Waals surface area contributed by atoms with Crippen molar-refractivity contribution in [2.24, 2.45) is 0 Å². The van der Waals surface area contributed by atoms with Gasteiger partial charge in [-0.1, -0.05) is 0 Å². The predicted molar refractivity (Wildman–Crippen MR) is 81.1 cm³/mol. The number of thiazole rings is 1. The van der Waals surface area contributed by atoms with Gasteiger partial charge >= 0.3 is 0 Å². The summed E-state index contributed by atoms with van der Waals surface area (Å²) in [5.41, 5.74) is 1.16. The quantitative estimate of drug-likeness (QED) is 0.795. The summed E-state index contributed by atoms with van der Waals surface area (Å²) in [6, 6.07) is 0.752. The van der Waals surface area contributed by atoms with Gasteiger partial charge < -0.3 is 15.0 Å². The Balaban J connectivity index is 1.82. The second-order valence-electron chi connectivity index (χ2n) is 5.50. The predicted octanol–water partition coefficient (Wildman–Crippen LogP) is 2.56. The van der Waals surface area contributed by atoms with Crippen LogP contribution in [-0.2, 0) is 11.3 Å². The van der Waals surface area contributed by atoms with Crippen molar-refractivity contribution < 1.29 is 4.74 Å². The fraction of sp³-hybridized carbons (Fsp3) is 0.786. The third kappa shape index (κ3) is 4.75. The van der Waals surface area contributed by atoms with Crippen LogP contribution in [0.2, 0.25) is 0 Å². The van der Waals surface area contributed by atoms with E-state index in [4.69, 9.17) is 4.74 Å². The van der Waals surface area contributed by atoms with Crippen molar-refractivity contribution in [2.45, 2.75) is 52.3 Å². The number of anilines is 1. The Kier molecular flexibility index (Phi) is 5.19. The molecule has 1 saturated carbocycles. The van der Waals surface area contributed by atoms with Gasteiger partial charge in [0.1, 0.15) is 0 Å². The summed E-state index contributed by atoms with van der Waals surface area (Å²) < 4.78 is 5.58. The number of hydrogen-bond acceptors (Lipinski definition) is 5. The molecule has 2 rings (SSSR count). The molecule has 5 heteroatoms. The van der Waals surface area contributed by atoms with Crippen LogP contribution in [0.3, 0.4) is 0 Å². The zero-order valence-electron chi connectivity index (χ0n) is 12.4. The Labute approximate surface area is 120 Å². The highest BCUT2D eigenvalue weighted by Crippen LogP contribution is 2.26. The lowest BCUT2D eigenvalue weighted by molar-refractivity contribution is 0.0846. The molecular weight excluding hydrogens is 258 g/mol. The number of aryl methyl sites for hydroxylation is 1. The van der Waals surface area contributed by atoms with Gasteiger partial charge in [-0.3, -0.25) is 0 Å². The summed E-state index contributed by atoms with van der Waals surface area (Å²) in [5, 5.41) is 4.65. The van der Waals surface area contributed by atoms with E-state index in [1.54, 1.807) is 11.3 Å². The smallest absolute Gasteiger partial charge is 0.185 e. The minimum absolute atomic E-state index is 0.296. The first kappa shape index (κ1) is 14.8. The first-order valence-corrected chi connectivity index (χ1v) is 7.90. The fourth-order valence-electron chi connectivity index (χ4n) is 1.79. The molecule has 1 fully saturated rings. The molecule has 0 atom stereocenters. The first-order chi connectivity index (χ1) is 9.06. The molecule has 1 aliphatic rings. The molecule has 1 heterocycles. The summed E-state index contributed by atoms with van der Waals surface area (Å²) >= 11 is 1.79. The molecule has 0 bridgehead atoms. The molecule has 1 N–H and O–H groups in total. The van der Waals surface area contributed by atoms with E-state index in [1.807, 2.05) is 0 Å². The number of ether oxygens (including phenoxy) is 1. The molecule has 0 aromatic carbocycles. The summed E-state index contributed by atoms with van der Waals surface area (Å²) in [4.78, 5) is 8.20. The molecule has 0 saturated heterocycles. The van der Waals surface area contributed by atoms with E-state index in [0.717, 1.165) is 36.6 Å². The van der Waals surface area contributed by atoms with Gasteiger partial charge in [0, 0.05) is 31.1 Å². The SMILES string of the molecule is Cc1nc(N(C)CCOC(C)C)sc1CNC1CC1. The average Bonchev–Trinajstić information content (AvgIpc) is 3.09. The second kappa shape index (κ2) is 6.68. The van der Waals surface area contributed by atoms with Gasteiger partial charge in [-0.05, 0) is 33.6 Å². The van der Waals surface area contributed by atoms with E-state index < -0.39 is 0 Å². The van der Waals surface area contributed by atoms with Crippen molar-refractivity contribution in [3.05, 3.63) is 10.6 Å². The molecule has 0 amide bonds. The zero-order chi connectivity index (χ0) is 13.8. The third-order valence-electron chi connectivity index (χ3n) is 3.21. The van der Waals surface area contributed by atoms with Crippen molar-refractivity contribution in [2.75, 3.05) is 25.1 Å². The lowest BCUT2D eigenvalue weighted by atomic mass is 10.4. The molecular formula is C14H25N3OS. The van der Waals surface area contributed by atoms with Gasteiger partial charge in [0.25, 0.3) is 0 Å². The molecule has 0 spiro atoms. The molecule has 1 aromatic rings. The fourth-order valence-corrected chi connectivity index (χ4v) is 2.78. The van der Waals surface area contributed by atoms with Crippen LogP contribution in [0.5, 0.6) is 0 Å². The Hall–Kier alpha value is -0.650. The maximum absolute atomic E-state index is 5.58. The van der Waals surface area contributed by atoms with Gasteiger partial charge in [-0.2, -0.15) is 0 Å². The van der Waals surface area contributed by atoms with Crippen LogP contribution in [0.4, 0.5) is 5.13 Å². The zero-order valence-corrected chi connectivity index (χ0v) is 13.2. The lowest BCUT2D eigenvalue weighted by Crippen LogP contribution is -2.23. The van der Waals surface area contributed by atoms with E-state index in [2.05, 4.69) is 43.0 Å². The topological polar surface area (TPSA) is 37.4 Å². The average molecular weight is 283 g/mol. The van der Waals surface area contributed by atoms with Gasteiger partial charge in [-0.25, -0.2) is 4.98 Å². The van der Waals surface area contributed by atoms with Gasteiger partial charge in [0.2, 0.25) is 0 Å². The van der Waals surface area contributed by atoms with Crippen molar-refractivity contribution in [3.8, 4) is 0 Å². The maximum Gasteiger partial charge on any atom is 0.185 e. The first-order valence-electron chi connectivity index (χ1n) is 7.08. The largest absolute Gasteiger partial charge is 0.377 e. The standard InChI is InChI=1S/C14H25N3OS/c1-10(2)18-8-7-17(4)14-16-11(3)13(19-14)9-15-12-5-6-12/h10,12,15H,5-9H2,1-4H3. The van der Waals surface area contributed by atoms with Crippen molar-refractivity contribution >= 4 is 16.5 Å². The minimum Gasteiger partial charge on any atom is -0.377 e. The molecule has 108 valence electrons. The summed E-state index contributed by atoms with van der Waals surface area (Å²) in [5.74, 6) is 0. The molecule has 0 unspecified atom stereocenters. The number of likely N-dealkylation sites (N-methyl/N-ethyl adjacent to an activating group) is 1.